The van der Waals surface area contributed by atoms with Crippen molar-refractivity contribution in [2.45, 2.75) is 60.3 Å². The van der Waals surface area contributed by atoms with E-state index >= 15 is 0 Å². The van der Waals surface area contributed by atoms with Gasteiger partial charge in [-0.3, -0.25) is 0 Å². The minimum absolute atomic E-state index is 0.514. The minimum Gasteiger partial charge on any atom is -0.381 e. The highest BCUT2D eigenvalue weighted by atomic mass is 16.5. The Morgan fingerprint density at radius 1 is 1.06 bits per heavy atom. The van der Waals surface area contributed by atoms with Crippen LogP contribution in [-0.4, -0.2) is 13.2 Å². The Morgan fingerprint density at radius 2 is 1.78 bits per heavy atom. The smallest absolute Gasteiger partial charge is 0.0522 e. The zero-order valence-electron chi connectivity index (χ0n) is 12.9. The first-order valence-electron chi connectivity index (χ1n) is 7.91. The van der Waals surface area contributed by atoms with E-state index in [0.717, 1.165) is 31.0 Å². The minimum atomic E-state index is 0.514. The molecule has 0 aliphatic heterocycles. The summed E-state index contributed by atoms with van der Waals surface area (Å²) in [6.07, 6.45) is 5.87. The molecule has 3 saturated carbocycles. The van der Waals surface area contributed by atoms with Crippen LogP contribution < -0.4 is 0 Å². The fraction of sp³-hybridized carbons (Fsp3) is 1.00. The molecule has 3 aliphatic carbocycles. The Labute approximate surface area is 113 Å². The third-order valence-electron chi connectivity index (χ3n) is 7.22. The highest BCUT2D eigenvalue weighted by Gasteiger charge is 2.68. The van der Waals surface area contributed by atoms with Gasteiger partial charge in [-0.2, -0.15) is 0 Å². The van der Waals surface area contributed by atoms with E-state index in [0.29, 0.717) is 16.2 Å². The Morgan fingerprint density at radius 3 is 2.33 bits per heavy atom. The van der Waals surface area contributed by atoms with Crippen molar-refractivity contribution in [3.8, 4) is 0 Å². The second kappa shape index (κ2) is 3.75. The first-order chi connectivity index (χ1) is 8.33. The van der Waals surface area contributed by atoms with Crippen LogP contribution in [0.2, 0.25) is 0 Å². The van der Waals surface area contributed by atoms with Crippen molar-refractivity contribution < 1.29 is 4.74 Å². The topological polar surface area (TPSA) is 9.23 Å². The lowest BCUT2D eigenvalue weighted by Crippen LogP contribution is -2.28. The Kier molecular flexibility index (Phi) is 2.70. The lowest BCUT2D eigenvalue weighted by Gasteiger charge is -2.36. The van der Waals surface area contributed by atoms with Crippen molar-refractivity contribution in [3.63, 3.8) is 0 Å². The molecule has 0 heterocycles. The maximum atomic E-state index is 5.66. The quantitative estimate of drug-likeness (QED) is 0.697. The van der Waals surface area contributed by atoms with Crippen LogP contribution in [0.5, 0.6) is 0 Å². The highest BCUT2D eigenvalue weighted by Crippen LogP contribution is 2.75. The van der Waals surface area contributed by atoms with Crippen LogP contribution in [-0.2, 0) is 4.74 Å². The summed E-state index contributed by atoms with van der Waals surface area (Å²) in [5.41, 5.74) is 1.77. The van der Waals surface area contributed by atoms with E-state index in [9.17, 15) is 0 Å². The summed E-state index contributed by atoms with van der Waals surface area (Å²) in [5.74, 6) is 2.96. The average molecular weight is 250 g/mol. The molecule has 1 nitrogen and oxygen atoms in total. The maximum Gasteiger partial charge on any atom is 0.0522 e. The molecule has 0 bridgehead atoms. The van der Waals surface area contributed by atoms with Crippen LogP contribution in [0, 0.1) is 34.0 Å². The van der Waals surface area contributed by atoms with Crippen molar-refractivity contribution in [1.29, 1.82) is 0 Å². The lowest BCUT2D eigenvalue weighted by molar-refractivity contribution is 0.0902. The van der Waals surface area contributed by atoms with Gasteiger partial charge in [0, 0.05) is 6.61 Å². The summed E-state index contributed by atoms with van der Waals surface area (Å²) in [5, 5.41) is 0. The van der Waals surface area contributed by atoms with Gasteiger partial charge in [0.05, 0.1) is 6.61 Å². The molecule has 0 aromatic carbocycles. The Balaban J connectivity index is 1.57. The summed E-state index contributed by atoms with van der Waals surface area (Å²) in [6.45, 7) is 14.0. The van der Waals surface area contributed by atoms with Crippen molar-refractivity contribution in [2.24, 2.45) is 34.0 Å². The van der Waals surface area contributed by atoms with Crippen LogP contribution in [0.4, 0.5) is 0 Å². The van der Waals surface area contributed by atoms with Gasteiger partial charge in [-0.05, 0) is 66.6 Å². The molecule has 0 N–H and O–H groups in total. The van der Waals surface area contributed by atoms with Crippen molar-refractivity contribution in [1.82, 2.24) is 0 Å². The molecule has 0 aromatic heterocycles. The van der Waals surface area contributed by atoms with Gasteiger partial charge < -0.3 is 4.74 Å². The molecule has 18 heavy (non-hydrogen) atoms. The van der Waals surface area contributed by atoms with E-state index < -0.39 is 0 Å². The third-order valence-corrected chi connectivity index (χ3v) is 7.22. The first-order valence-corrected chi connectivity index (χ1v) is 7.91. The highest BCUT2D eigenvalue weighted by molar-refractivity contribution is 5.16. The molecule has 3 aliphatic rings. The third kappa shape index (κ3) is 1.69. The van der Waals surface area contributed by atoms with Gasteiger partial charge in [0.25, 0.3) is 0 Å². The predicted octanol–water partition coefficient (Wildman–Crippen LogP) is 4.51. The number of rotatable bonds is 5. The molecule has 1 heteroatoms. The zero-order chi connectivity index (χ0) is 13.2. The Hall–Kier alpha value is -0.0400. The second-order valence-corrected chi connectivity index (χ2v) is 8.40. The van der Waals surface area contributed by atoms with Gasteiger partial charge in [0.1, 0.15) is 0 Å². The molecule has 0 amide bonds. The predicted molar refractivity (Wildman–Crippen MR) is 75.4 cm³/mol. The standard InChI is InChI=1S/C17H30O/c1-6-18-11-16(4)9-13(16)7-12-8-14-10-17(14,5)15(12,2)3/h12-14H,6-11H2,1-5H3. The van der Waals surface area contributed by atoms with Crippen LogP contribution in [0.15, 0.2) is 0 Å². The van der Waals surface area contributed by atoms with Gasteiger partial charge in [0.15, 0.2) is 0 Å². The molecule has 3 fully saturated rings. The molecular formula is C17H30O. The zero-order valence-corrected chi connectivity index (χ0v) is 12.9. The van der Waals surface area contributed by atoms with Crippen LogP contribution >= 0.6 is 0 Å². The molecule has 0 saturated heterocycles. The summed E-state index contributed by atoms with van der Waals surface area (Å²) < 4.78 is 5.66. The van der Waals surface area contributed by atoms with Crippen molar-refractivity contribution in [2.75, 3.05) is 13.2 Å². The fourth-order valence-corrected chi connectivity index (χ4v) is 4.81. The SMILES string of the molecule is CCOCC1(C)CC1CC1CC2CC2(C)C1(C)C. The Bertz CT molecular complexity index is 348. The van der Waals surface area contributed by atoms with Crippen molar-refractivity contribution >= 4 is 0 Å². The summed E-state index contributed by atoms with van der Waals surface area (Å²) in [4.78, 5) is 0. The normalized spacial score (nSPS) is 52.2. The first kappa shape index (κ1) is 13.0. The van der Waals surface area contributed by atoms with E-state index in [1.54, 1.807) is 0 Å². The molecule has 0 aromatic rings. The van der Waals surface area contributed by atoms with Crippen molar-refractivity contribution in [3.05, 3.63) is 0 Å². The van der Waals surface area contributed by atoms with E-state index in [-0.39, 0.29) is 0 Å². The fourth-order valence-electron chi connectivity index (χ4n) is 4.81. The summed E-state index contributed by atoms with van der Waals surface area (Å²) in [6, 6.07) is 0. The summed E-state index contributed by atoms with van der Waals surface area (Å²) in [7, 11) is 0. The van der Waals surface area contributed by atoms with Gasteiger partial charge in [-0.25, -0.2) is 0 Å². The van der Waals surface area contributed by atoms with E-state index in [1.165, 1.54) is 25.7 Å². The average Bonchev–Trinajstić information content (AvgIpc) is 3.12. The lowest BCUT2D eigenvalue weighted by atomic mass is 9.69. The monoisotopic (exact) mass is 250 g/mol. The molecule has 0 spiro atoms. The van der Waals surface area contributed by atoms with Gasteiger partial charge >= 0.3 is 0 Å². The molecular weight excluding hydrogens is 220 g/mol. The molecule has 3 rings (SSSR count). The van der Waals surface area contributed by atoms with Gasteiger partial charge in [-0.1, -0.05) is 27.7 Å². The largest absolute Gasteiger partial charge is 0.381 e. The van der Waals surface area contributed by atoms with Gasteiger partial charge in [-0.15, -0.1) is 0 Å². The number of hydrogen-bond acceptors (Lipinski definition) is 1. The maximum absolute atomic E-state index is 5.66. The van der Waals surface area contributed by atoms with Gasteiger partial charge in [0.2, 0.25) is 0 Å². The molecule has 5 atom stereocenters. The van der Waals surface area contributed by atoms with Crippen LogP contribution in [0.25, 0.3) is 0 Å². The molecule has 5 unspecified atom stereocenters. The van der Waals surface area contributed by atoms with E-state index in [2.05, 4.69) is 34.6 Å². The number of fused-ring (bicyclic) bond motifs is 1. The van der Waals surface area contributed by atoms with Crippen LogP contribution in [0.1, 0.15) is 60.3 Å². The molecule has 0 radical (unpaired) electrons. The van der Waals surface area contributed by atoms with E-state index in [4.69, 9.17) is 4.74 Å². The molecule has 104 valence electrons. The number of ether oxygens (including phenoxy) is 1. The van der Waals surface area contributed by atoms with E-state index in [1.807, 2.05) is 0 Å². The van der Waals surface area contributed by atoms with Crippen LogP contribution in [0.3, 0.4) is 0 Å². The number of hydrogen-bond donors (Lipinski definition) is 0. The summed E-state index contributed by atoms with van der Waals surface area (Å²) >= 11 is 0. The second-order valence-electron chi connectivity index (χ2n) is 8.40.